The van der Waals surface area contributed by atoms with Gasteiger partial charge in [-0.1, -0.05) is 6.92 Å². The summed E-state index contributed by atoms with van der Waals surface area (Å²) in [5.41, 5.74) is -3.16. The number of halogens is 3. The number of carbonyl (C=O) groups excluding carboxylic acids is 1. The van der Waals surface area contributed by atoms with Crippen LogP contribution in [0.25, 0.3) is 0 Å². The molecule has 1 saturated heterocycles. The van der Waals surface area contributed by atoms with E-state index in [4.69, 9.17) is 0 Å². The van der Waals surface area contributed by atoms with E-state index >= 15 is 0 Å². The first-order chi connectivity index (χ1) is 9.66. The van der Waals surface area contributed by atoms with Crippen molar-refractivity contribution >= 4 is 12.0 Å². The van der Waals surface area contributed by atoms with Gasteiger partial charge < -0.3 is 15.3 Å². The van der Waals surface area contributed by atoms with Crippen molar-refractivity contribution in [3.8, 4) is 0 Å². The molecule has 2 amide bonds. The molecule has 8 heteroatoms. The van der Waals surface area contributed by atoms with Crippen molar-refractivity contribution in [2.45, 2.75) is 50.7 Å². The van der Waals surface area contributed by atoms with E-state index in [-0.39, 0.29) is 25.9 Å². The van der Waals surface area contributed by atoms with Crippen LogP contribution in [0.2, 0.25) is 0 Å². The second-order valence-electron chi connectivity index (χ2n) is 5.97. The van der Waals surface area contributed by atoms with Crippen molar-refractivity contribution in [1.82, 2.24) is 10.2 Å². The summed E-state index contributed by atoms with van der Waals surface area (Å²) in [5, 5.41) is 11.4. The maximum absolute atomic E-state index is 12.8. The lowest BCUT2D eigenvalue weighted by molar-refractivity contribution is -0.164. The smallest absolute Gasteiger partial charge is 0.411 e. The zero-order valence-corrected chi connectivity index (χ0v) is 11.8. The van der Waals surface area contributed by atoms with Gasteiger partial charge in [0.2, 0.25) is 0 Å². The number of nitrogens with one attached hydrogen (secondary N) is 1. The number of nitrogens with zero attached hydrogens (tertiary/aromatic N) is 1. The maximum Gasteiger partial charge on any atom is 0.411 e. The molecular formula is C13H19F3N2O3. The number of amides is 2. The average molecular weight is 308 g/mol. The number of carbonyl (C=O) groups is 2. The summed E-state index contributed by atoms with van der Waals surface area (Å²) < 4.78 is 38.5. The van der Waals surface area contributed by atoms with E-state index < -0.39 is 29.1 Å². The van der Waals surface area contributed by atoms with Gasteiger partial charge in [-0.25, -0.2) is 4.79 Å². The highest BCUT2D eigenvalue weighted by Crippen LogP contribution is 2.49. The third-order valence-corrected chi connectivity index (χ3v) is 4.63. The second-order valence-corrected chi connectivity index (χ2v) is 5.97. The molecule has 0 aromatic rings. The molecule has 0 radical (unpaired) electrons. The standard InChI is InChI=1S/C13H19F3N2O3/c1-2-11(9(19)20)4-3-7-18(8-11)10(21)17-12(5-6-12)13(14,15)16/h2-8H2,1H3,(H,17,21)(H,19,20). The molecule has 2 N–H and O–H groups in total. The van der Waals surface area contributed by atoms with Gasteiger partial charge in [-0.05, 0) is 32.1 Å². The van der Waals surface area contributed by atoms with Crippen molar-refractivity contribution in [3.63, 3.8) is 0 Å². The van der Waals surface area contributed by atoms with Gasteiger partial charge in [0.05, 0.1) is 5.41 Å². The molecule has 1 unspecified atom stereocenters. The summed E-state index contributed by atoms with van der Waals surface area (Å²) in [6.45, 7) is 1.96. The molecule has 1 aliphatic heterocycles. The fourth-order valence-electron chi connectivity index (χ4n) is 2.81. The molecule has 2 fully saturated rings. The molecule has 1 heterocycles. The summed E-state index contributed by atoms with van der Waals surface area (Å²) in [6.07, 6.45) is -3.44. The lowest BCUT2D eigenvalue weighted by atomic mass is 9.78. The molecule has 2 rings (SSSR count). The topological polar surface area (TPSA) is 69.6 Å². The van der Waals surface area contributed by atoms with Crippen LogP contribution < -0.4 is 5.32 Å². The molecule has 0 spiro atoms. The van der Waals surface area contributed by atoms with Crippen LogP contribution in [0.1, 0.15) is 39.0 Å². The minimum atomic E-state index is -4.47. The molecule has 0 bridgehead atoms. The second kappa shape index (κ2) is 5.06. The number of urea groups is 1. The molecule has 1 atom stereocenters. The predicted octanol–water partition coefficient (Wildman–Crippen LogP) is 2.37. The number of alkyl halides is 3. The molecule has 2 aliphatic rings. The van der Waals surface area contributed by atoms with E-state index in [2.05, 4.69) is 0 Å². The Bertz CT molecular complexity index is 448. The number of carboxylic acids is 1. The number of rotatable bonds is 3. The molecule has 120 valence electrons. The van der Waals surface area contributed by atoms with Crippen molar-refractivity contribution in [2.24, 2.45) is 5.41 Å². The SMILES string of the molecule is CCC1(C(=O)O)CCCN(C(=O)NC2(C(F)(F)F)CC2)C1. The largest absolute Gasteiger partial charge is 0.481 e. The minimum absolute atomic E-state index is 0.0431. The Hall–Kier alpha value is -1.47. The zero-order valence-electron chi connectivity index (χ0n) is 11.8. The number of hydrogen-bond donors (Lipinski definition) is 2. The number of piperidine rings is 1. The number of likely N-dealkylation sites (tertiary alicyclic amines) is 1. The highest BCUT2D eigenvalue weighted by molar-refractivity contribution is 5.79. The van der Waals surface area contributed by atoms with Crippen molar-refractivity contribution in [1.29, 1.82) is 0 Å². The summed E-state index contributed by atoms with van der Waals surface area (Å²) in [4.78, 5) is 24.6. The first-order valence-corrected chi connectivity index (χ1v) is 7.03. The predicted molar refractivity (Wildman–Crippen MR) is 67.7 cm³/mol. The van der Waals surface area contributed by atoms with Gasteiger partial charge in [0.15, 0.2) is 0 Å². The average Bonchev–Trinajstić information content (AvgIpc) is 3.19. The zero-order chi connectivity index (χ0) is 15.9. The molecule has 1 aliphatic carbocycles. The van der Waals surface area contributed by atoms with E-state index in [1.165, 1.54) is 4.90 Å². The molecule has 5 nitrogen and oxygen atoms in total. The lowest BCUT2D eigenvalue weighted by Crippen LogP contribution is -2.57. The van der Waals surface area contributed by atoms with Crippen LogP contribution in [-0.2, 0) is 4.79 Å². The third-order valence-electron chi connectivity index (χ3n) is 4.63. The number of aliphatic carboxylic acids is 1. The first-order valence-electron chi connectivity index (χ1n) is 7.03. The van der Waals surface area contributed by atoms with Crippen LogP contribution in [0.15, 0.2) is 0 Å². The van der Waals surface area contributed by atoms with Gasteiger partial charge in [0.25, 0.3) is 0 Å². The summed E-state index contributed by atoms with van der Waals surface area (Å²) in [5.74, 6) is -1.00. The van der Waals surface area contributed by atoms with E-state index in [0.29, 0.717) is 19.3 Å². The Labute approximate surface area is 120 Å². The van der Waals surface area contributed by atoms with Crippen LogP contribution in [0.5, 0.6) is 0 Å². The lowest BCUT2D eigenvalue weighted by Gasteiger charge is -2.40. The Balaban J connectivity index is 2.05. The number of hydrogen-bond acceptors (Lipinski definition) is 2. The van der Waals surface area contributed by atoms with Gasteiger partial charge in [-0.15, -0.1) is 0 Å². The molecular weight excluding hydrogens is 289 g/mol. The Morgan fingerprint density at radius 3 is 2.33 bits per heavy atom. The van der Waals surface area contributed by atoms with Gasteiger partial charge >= 0.3 is 18.2 Å². The number of carboxylic acid groups (broad SMARTS) is 1. The van der Waals surface area contributed by atoms with Crippen molar-refractivity contribution in [3.05, 3.63) is 0 Å². The van der Waals surface area contributed by atoms with E-state index in [1.54, 1.807) is 6.92 Å². The normalized spacial score (nSPS) is 28.1. The van der Waals surface area contributed by atoms with E-state index in [1.807, 2.05) is 5.32 Å². The Morgan fingerprint density at radius 1 is 1.29 bits per heavy atom. The first kappa shape index (κ1) is 15.9. The quantitative estimate of drug-likeness (QED) is 0.841. The highest BCUT2D eigenvalue weighted by atomic mass is 19.4. The van der Waals surface area contributed by atoms with Gasteiger partial charge in [-0.3, -0.25) is 4.79 Å². The fraction of sp³-hybridized carbons (Fsp3) is 0.846. The van der Waals surface area contributed by atoms with Crippen LogP contribution in [0.3, 0.4) is 0 Å². The molecule has 0 aromatic heterocycles. The highest BCUT2D eigenvalue weighted by Gasteiger charge is 2.64. The van der Waals surface area contributed by atoms with Crippen molar-refractivity contribution in [2.75, 3.05) is 13.1 Å². The van der Waals surface area contributed by atoms with Gasteiger partial charge in [-0.2, -0.15) is 13.2 Å². The minimum Gasteiger partial charge on any atom is -0.481 e. The Kier molecular flexibility index (Phi) is 3.84. The molecule has 1 saturated carbocycles. The monoisotopic (exact) mass is 308 g/mol. The van der Waals surface area contributed by atoms with Gasteiger partial charge in [0.1, 0.15) is 5.54 Å². The summed E-state index contributed by atoms with van der Waals surface area (Å²) in [7, 11) is 0. The van der Waals surface area contributed by atoms with Gasteiger partial charge in [0, 0.05) is 13.1 Å². The summed E-state index contributed by atoms with van der Waals surface area (Å²) >= 11 is 0. The molecule has 0 aromatic carbocycles. The third kappa shape index (κ3) is 2.80. The van der Waals surface area contributed by atoms with Crippen LogP contribution in [0.4, 0.5) is 18.0 Å². The van der Waals surface area contributed by atoms with Crippen molar-refractivity contribution < 1.29 is 27.9 Å². The van der Waals surface area contributed by atoms with E-state index in [9.17, 15) is 27.9 Å². The van der Waals surface area contributed by atoms with Crippen LogP contribution in [-0.4, -0.2) is 46.8 Å². The van der Waals surface area contributed by atoms with Crippen LogP contribution >= 0.6 is 0 Å². The maximum atomic E-state index is 12.8. The van der Waals surface area contributed by atoms with E-state index in [0.717, 1.165) is 0 Å². The Morgan fingerprint density at radius 2 is 1.90 bits per heavy atom. The summed E-state index contributed by atoms with van der Waals surface area (Å²) in [6, 6.07) is -0.816. The fourth-order valence-corrected chi connectivity index (χ4v) is 2.81. The molecule has 21 heavy (non-hydrogen) atoms. The van der Waals surface area contributed by atoms with Crippen LogP contribution in [0, 0.1) is 5.41 Å².